The van der Waals surface area contributed by atoms with Crippen molar-refractivity contribution in [3.05, 3.63) is 48.0 Å². The highest BCUT2D eigenvalue weighted by molar-refractivity contribution is 7.21. The molecule has 0 radical (unpaired) electrons. The number of anilines is 1. The lowest BCUT2D eigenvalue weighted by molar-refractivity contribution is 0.597. The number of nitrogens with zero attached hydrogens (tertiary/aromatic N) is 2. The van der Waals surface area contributed by atoms with E-state index in [4.69, 9.17) is 4.98 Å². The summed E-state index contributed by atoms with van der Waals surface area (Å²) in [5.41, 5.74) is 4.99. The van der Waals surface area contributed by atoms with Crippen LogP contribution >= 0.6 is 11.3 Å². The van der Waals surface area contributed by atoms with E-state index >= 15 is 0 Å². The zero-order valence-electron chi connectivity index (χ0n) is 19.1. The minimum atomic E-state index is 1.11. The van der Waals surface area contributed by atoms with Gasteiger partial charge < -0.3 is 4.90 Å². The molecule has 0 aliphatic heterocycles. The van der Waals surface area contributed by atoms with Crippen LogP contribution in [0.25, 0.3) is 20.8 Å². The zero-order valence-corrected chi connectivity index (χ0v) is 19.9. The second kappa shape index (κ2) is 12.1. The number of benzene rings is 2. The summed E-state index contributed by atoms with van der Waals surface area (Å²) in [5, 5.41) is 1.12. The van der Waals surface area contributed by atoms with Crippen LogP contribution in [0.3, 0.4) is 0 Å². The molecular formula is C27H38N2S. The summed E-state index contributed by atoms with van der Waals surface area (Å²) in [6.07, 6.45) is 12.0. The van der Waals surface area contributed by atoms with Gasteiger partial charge in [-0.3, -0.25) is 0 Å². The van der Waals surface area contributed by atoms with Crippen LogP contribution in [0.1, 0.15) is 77.2 Å². The molecule has 0 amide bonds. The van der Waals surface area contributed by atoms with E-state index in [1.165, 1.54) is 92.4 Å². The first-order valence-corrected chi connectivity index (χ1v) is 12.8. The number of aryl methyl sites for hydroxylation is 1. The average Bonchev–Trinajstić information content (AvgIpc) is 3.18. The predicted molar refractivity (Wildman–Crippen MR) is 135 cm³/mol. The first-order chi connectivity index (χ1) is 14.7. The molecule has 2 aromatic carbocycles. The summed E-state index contributed by atoms with van der Waals surface area (Å²) in [4.78, 5) is 7.46. The third kappa shape index (κ3) is 6.57. The molecular weight excluding hydrogens is 384 g/mol. The molecule has 1 heterocycles. The Bertz CT molecular complexity index is 882. The maximum atomic E-state index is 4.85. The summed E-state index contributed by atoms with van der Waals surface area (Å²) in [5.74, 6) is 0. The number of thiazole rings is 1. The van der Waals surface area contributed by atoms with Gasteiger partial charge in [0.25, 0.3) is 0 Å². The Morgan fingerprint density at radius 1 is 0.767 bits per heavy atom. The highest BCUT2D eigenvalue weighted by Crippen LogP contribution is 2.32. The second-order valence-electron chi connectivity index (χ2n) is 8.50. The average molecular weight is 423 g/mol. The van der Waals surface area contributed by atoms with Crippen molar-refractivity contribution in [2.75, 3.05) is 18.0 Å². The van der Waals surface area contributed by atoms with Crippen molar-refractivity contribution in [3.63, 3.8) is 0 Å². The largest absolute Gasteiger partial charge is 0.372 e. The van der Waals surface area contributed by atoms with Crippen LogP contribution in [0, 0.1) is 6.92 Å². The Morgan fingerprint density at radius 3 is 2.07 bits per heavy atom. The maximum absolute atomic E-state index is 4.85. The first kappa shape index (κ1) is 22.8. The quantitative estimate of drug-likeness (QED) is 0.256. The van der Waals surface area contributed by atoms with E-state index in [-0.39, 0.29) is 0 Å². The molecule has 0 atom stereocenters. The van der Waals surface area contributed by atoms with Crippen molar-refractivity contribution in [1.29, 1.82) is 0 Å². The van der Waals surface area contributed by atoms with Crippen LogP contribution in [0.2, 0.25) is 0 Å². The summed E-state index contributed by atoms with van der Waals surface area (Å²) in [6.45, 7) is 9.07. The third-order valence-corrected chi connectivity index (χ3v) is 6.90. The SMILES string of the molecule is CCCCCCCN(CCCCCC)c1ccc(-c2nc3ccc(C)cc3s2)cc1. The Kier molecular flexibility index (Phi) is 9.20. The number of hydrogen-bond acceptors (Lipinski definition) is 3. The molecule has 0 bridgehead atoms. The van der Waals surface area contributed by atoms with E-state index in [2.05, 4.69) is 68.1 Å². The lowest BCUT2D eigenvalue weighted by Crippen LogP contribution is -2.25. The van der Waals surface area contributed by atoms with Gasteiger partial charge in [0.05, 0.1) is 10.2 Å². The van der Waals surface area contributed by atoms with Crippen molar-refractivity contribution in [2.24, 2.45) is 0 Å². The van der Waals surface area contributed by atoms with E-state index in [1.807, 2.05) is 0 Å². The first-order valence-electron chi connectivity index (χ1n) is 11.9. The molecule has 0 spiro atoms. The van der Waals surface area contributed by atoms with Crippen LogP contribution in [-0.2, 0) is 0 Å². The fraction of sp³-hybridized carbons (Fsp3) is 0.519. The Morgan fingerprint density at radius 2 is 1.40 bits per heavy atom. The molecule has 0 saturated heterocycles. The molecule has 0 unspecified atom stereocenters. The zero-order chi connectivity index (χ0) is 21.2. The van der Waals surface area contributed by atoms with Crippen molar-refractivity contribution < 1.29 is 0 Å². The molecule has 0 N–H and O–H groups in total. The monoisotopic (exact) mass is 422 g/mol. The van der Waals surface area contributed by atoms with Gasteiger partial charge in [-0.15, -0.1) is 11.3 Å². The molecule has 0 aliphatic rings. The second-order valence-corrected chi connectivity index (χ2v) is 9.53. The van der Waals surface area contributed by atoms with Gasteiger partial charge in [-0.1, -0.05) is 64.9 Å². The van der Waals surface area contributed by atoms with Crippen molar-refractivity contribution in [1.82, 2.24) is 4.98 Å². The van der Waals surface area contributed by atoms with Crippen LogP contribution in [0.15, 0.2) is 42.5 Å². The van der Waals surface area contributed by atoms with Gasteiger partial charge in [0.1, 0.15) is 5.01 Å². The van der Waals surface area contributed by atoms with Gasteiger partial charge in [-0.05, 0) is 61.7 Å². The van der Waals surface area contributed by atoms with E-state index in [9.17, 15) is 0 Å². The molecule has 0 aliphatic carbocycles. The van der Waals surface area contributed by atoms with Crippen molar-refractivity contribution >= 4 is 27.2 Å². The molecule has 3 heteroatoms. The van der Waals surface area contributed by atoms with E-state index in [0.717, 1.165) is 10.5 Å². The summed E-state index contributed by atoms with van der Waals surface area (Å²) in [7, 11) is 0. The third-order valence-electron chi connectivity index (χ3n) is 5.84. The lowest BCUT2D eigenvalue weighted by Gasteiger charge is -2.25. The summed E-state index contributed by atoms with van der Waals surface area (Å²) >= 11 is 1.79. The molecule has 1 aromatic heterocycles. The van der Waals surface area contributed by atoms with Crippen molar-refractivity contribution in [2.45, 2.75) is 78.6 Å². The number of hydrogen-bond donors (Lipinski definition) is 0. The predicted octanol–water partition coefficient (Wildman–Crippen LogP) is 8.63. The summed E-state index contributed by atoms with van der Waals surface area (Å²) < 4.78 is 1.28. The normalized spacial score (nSPS) is 11.3. The van der Waals surface area contributed by atoms with Crippen LogP contribution in [-0.4, -0.2) is 18.1 Å². The van der Waals surface area contributed by atoms with Gasteiger partial charge in [-0.25, -0.2) is 4.98 Å². The van der Waals surface area contributed by atoms with E-state index in [1.54, 1.807) is 11.3 Å². The standard InChI is InChI=1S/C27H38N2S/c1-4-6-8-10-12-20-29(19-11-9-7-5-2)24-16-14-23(15-17-24)27-28-25-18-13-22(3)21-26(25)30-27/h13-18,21H,4-12,19-20H2,1-3H3. The van der Waals surface area contributed by atoms with E-state index in [0.29, 0.717) is 0 Å². The van der Waals surface area contributed by atoms with Gasteiger partial charge >= 0.3 is 0 Å². The highest BCUT2D eigenvalue weighted by atomic mass is 32.1. The highest BCUT2D eigenvalue weighted by Gasteiger charge is 2.10. The van der Waals surface area contributed by atoms with Crippen LogP contribution < -0.4 is 4.90 Å². The number of aromatic nitrogens is 1. The minimum Gasteiger partial charge on any atom is -0.372 e. The van der Waals surface area contributed by atoms with Crippen LogP contribution in [0.4, 0.5) is 5.69 Å². The summed E-state index contributed by atoms with van der Waals surface area (Å²) in [6, 6.07) is 15.6. The van der Waals surface area contributed by atoms with Gasteiger partial charge in [0, 0.05) is 24.3 Å². The lowest BCUT2D eigenvalue weighted by atomic mass is 10.1. The molecule has 3 rings (SSSR count). The molecule has 0 saturated carbocycles. The van der Waals surface area contributed by atoms with Gasteiger partial charge in [-0.2, -0.15) is 0 Å². The van der Waals surface area contributed by atoms with E-state index < -0.39 is 0 Å². The Hall–Kier alpha value is -1.87. The molecule has 3 aromatic rings. The van der Waals surface area contributed by atoms with Crippen molar-refractivity contribution in [3.8, 4) is 10.6 Å². The molecule has 2 nitrogen and oxygen atoms in total. The molecule has 0 fully saturated rings. The van der Waals surface area contributed by atoms with Gasteiger partial charge in [0.15, 0.2) is 0 Å². The van der Waals surface area contributed by atoms with Gasteiger partial charge in [0.2, 0.25) is 0 Å². The molecule has 30 heavy (non-hydrogen) atoms. The smallest absolute Gasteiger partial charge is 0.124 e. The minimum absolute atomic E-state index is 1.11. The number of rotatable bonds is 13. The molecule has 162 valence electrons. The topological polar surface area (TPSA) is 16.1 Å². The number of fused-ring (bicyclic) bond motifs is 1. The fourth-order valence-electron chi connectivity index (χ4n) is 3.98. The Balaban J connectivity index is 1.67. The Labute approximate surface area is 187 Å². The number of unbranched alkanes of at least 4 members (excludes halogenated alkanes) is 7. The fourth-order valence-corrected chi connectivity index (χ4v) is 5.05. The van der Waals surface area contributed by atoms with Crippen LogP contribution in [0.5, 0.6) is 0 Å². The maximum Gasteiger partial charge on any atom is 0.124 e.